The smallest absolute Gasteiger partial charge is 0.318 e. The van der Waals surface area contributed by atoms with Crippen molar-refractivity contribution in [2.24, 2.45) is 0 Å². The minimum absolute atomic E-state index is 0.309. The van der Waals surface area contributed by atoms with Gasteiger partial charge in [0, 0.05) is 24.1 Å². The van der Waals surface area contributed by atoms with E-state index in [2.05, 4.69) is 35.9 Å². The van der Waals surface area contributed by atoms with Gasteiger partial charge in [-0.25, -0.2) is 4.79 Å². The number of amides is 3. The summed E-state index contributed by atoms with van der Waals surface area (Å²) in [5.41, 5.74) is 6.94. The lowest BCUT2D eigenvalue weighted by Gasteiger charge is -2.14. The Labute approximate surface area is 141 Å². The van der Waals surface area contributed by atoms with Crippen molar-refractivity contribution in [3.05, 3.63) is 58.0 Å². The number of rotatable bonds is 2. The van der Waals surface area contributed by atoms with Gasteiger partial charge in [0.25, 0.3) is 5.91 Å². The third kappa shape index (κ3) is 2.42. The Morgan fingerprint density at radius 1 is 1.08 bits per heavy atom. The number of aromatic nitrogens is 1. The Morgan fingerprint density at radius 3 is 2.42 bits per heavy atom. The summed E-state index contributed by atoms with van der Waals surface area (Å²) in [6.45, 7) is 8.26. The van der Waals surface area contributed by atoms with Gasteiger partial charge in [0.1, 0.15) is 5.70 Å². The van der Waals surface area contributed by atoms with Crippen LogP contribution in [0.1, 0.15) is 28.1 Å². The minimum Gasteiger partial charge on any atom is -0.318 e. The Bertz CT molecular complexity index is 890. The number of nitrogens with one attached hydrogen (secondary N) is 1. The Kier molecular flexibility index (Phi) is 3.79. The van der Waals surface area contributed by atoms with Crippen molar-refractivity contribution in [3.63, 3.8) is 0 Å². The molecule has 3 amide bonds. The molecule has 3 rings (SSSR count). The summed E-state index contributed by atoms with van der Waals surface area (Å²) < 4.78 is 2.18. The zero-order valence-corrected chi connectivity index (χ0v) is 14.6. The average molecular weight is 323 g/mol. The highest BCUT2D eigenvalue weighted by atomic mass is 16.2. The first-order chi connectivity index (χ1) is 11.3. The molecule has 124 valence electrons. The van der Waals surface area contributed by atoms with Crippen LogP contribution in [-0.2, 0) is 4.79 Å². The normalized spacial score (nSPS) is 16.2. The van der Waals surface area contributed by atoms with Crippen LogP contribution in [0.25, 0.3) is 11.8 Å². The second kappa shape index (κ2) is 5.67. The van der Waals surface area contributed by atoms with E-state index in [-0.39, 0.29) is 5.91 Å². The molecule has 1 aliphatic heterocycles. The number of carbonyl (C=O) groups is 2. The quantitative estimate of drug-likeness (QED) is 0.681. The van der Waals surface area contributed by atoms with Gasteiger partial charge < -0.3 is 9.88 Å². The maximum atomic E-state index is 12.1. The molecule has 0 atom stereocenters. The number of hydrogen-bond acceptors (Lipinski definition) is 2. The molecule has 1 saturated heterocycles. The van der Waals surface area contributed by atoms with E-state index in [0.29, 0.717) is 5.70 Å². The molecule has 2 aromatic rings. The molecule has 0 spiro atoms. The molecule has 0 aliphatic carbocycles. The van der Waals surface area contributed by atoms with Gasteiger partial charge in [-0.3, -0.25) is 9.69 Å². The lowest BCUT2D eigenvalue weighted by atomic mass is 10.1. The molecule has 5 nitrogen and oxygen atoms in total. The van der Waals surface area contributed by atoms with E-state index in [1.165, 1.54) is 18.2 Å². The highest BCUT2D eigenvalue weighted by Crippen LogP contribution is 2.26. The SMILES string of the molecule is Cc1cccc(-n2c(C)cc(/C=C3/NC(=O)N(C)C3=O)c2C)c1C. The standard InChI is InChI=1S/C19H21N3O2/c1-11-7-6-8-17(13(11)3)22-12(2)9-15(14(22)4)10-16-18(23)21(5)19(24)20-16/h6-10H,1-5H3,(H,20,24)/b16-10+. The first-order valence-electron chi connectivity index (χ1n) is 7.87. The van der Waals surface area contributed by atoms with Gasteiger partial charge in [-0.2, -0.15) is 0 Å². The second-order valence-corrected chi connectivity index (χ2v) is 6.23. The van der Waals surface area contributed by atoms with Crippen molar-refractivity contribution < 1.29 is 9.59 Å². The van der Waals surface area contributed by atoms with Gasteiger partial charge in [-0.15, -0.1) is 0 Å². The fourth-order valence-electron chi connectivity index (χ4n) is 3.06. The van der Waals surface area contributed by atoms with Crippen molar-refractivity contribution in [3.8, 4) is 5.69 Å². The number of hydrogen-bond donors (Lipinski definition) is 1. The van der Waals surface area contributed by atoms with Gasteiger partial charge >= 0.3 is 6.03 Å². The lowest BCUT2D eigenvalue weighted by Crippen LogP contribution is -2.25. The largest absolute Gasteiger partial charge is 0.328 e. The molecule has 0 unspecified atom stereocenters. The molecular formula is C19H21N3O2. The number of likely N-dealkylation sites (N-methyl/N-ethyl adjacent to an activating group) is 1. The van der Waals surface area contributed by atoms with E-state index in [1.807, 2.05) is 26.0 Å². The predicted molar refractivity (Wildman–Crippen MR) is 94.0 cm³/mol. The van der Waals surface area contributed by atoms with Crippen LogP contribution in [0.3, 0.4) is 0 Å². The summed E-state index contributed by atoms with van der Waals surface area (Å²) in [6.07, 6.45) is 1.74. The van der Waals surface area contributed by atoms with Crippen LogP contribution < -0.4 is 5.32 Å². The molecule has 2 heterocycles. The van der Waals surface area contributed by atoms with Crippen LogP contribution in [-0.4, -0.2) is 28.5 Å². The number of imide groups is 1. The second-order valence-electron chi connectivity index (χ2n) is 6.23. The number of aryl methyl sites for hydroxylation is 2. The van der Waals surface area contributed by atoms with E-state index < -0.39 is 6.03 Å². The maximum Gasteiger partial charge on any atom is 0.328 e. The minimum atomic E-state index is -0.394. The van der Waals surface area contributed by atoms with Crippen molar-refractivity contribution in [2.75, 3.05) is 7.05 Å². The molecule has 0 radical (unpaired) electrons. The lowest BCUT2D eigenvalue weighted by molar-refractivity contribution is -0.121. The molecule has 1 aromatic heterocycles. The Balaban J connectivity index is 2.10. The van der Waals surface area contributed by atoms with E-state index >= 15 is 0 Å². The third-order valence-corrected chi connectivity index (χ3v) is 4.67. The molecule has 0 saturated carbocycles. The number of urea groups is 1. The zero-order valence-electron chi connectivity index (χ0n) is 14.6. The predicted octanol–water partition coefficient (Wildman–Crippen LogP) is 3.23. The van der Waals surface area contributed by atoms with Crippen molar-refractivity contribution in [1.29, 1.82) is 0 Å². The fraction of sp³-hybridized carbons (Fsp3) is 0.263. The van der Waals surface area contributed by atoms with Crippen LogP contribution in [0, 0.1) is 27.7 Å². The first kappa shape index (κ1) is 16.1. The topological polar surface area (TPSA) is 54.3 Å². The van der Waals surface area contributed by atoms with E-state index in [0.717, 1.165) is 27.5 Å². The van der Waals surface area contributed by atoms with Crippen molar-refractivity contribution >= 4 is 18.0 Å². The van der Waals surface area contributed by atoms with Gasteiger partial charge in [0.05, 0.1) is 0 Å². The van der Waals surface area contributed by atoms with Crippen molar-refractivity contribution in [1.82, 2.24) is 14.8 Å². The fourth-order valence-corrected chi connectivity index (χ4v) is 3.06. The number of carbonyl (C=O) groups excluding carboxylic acids is 2. The summed E-state index contributed by atoms with van der Waals surface area (Å²) >= 11 is 0. The van der Waals surface area contributed by atoms with E-state index in [4.69, 9.17) is 0 Å². The average Bonchev–Trinajstić information content (AvgIpc) is 2.94. The maximum absolute atomic E-state index is 12.1. The van der Waals surface area contributed by atoms with E-state index in [1.54, 1.807) is 6.08 Å². The van der Waals surface area contributed by atoms with Gasteiger partial charge in [0.2, 0.25) is 0 Å². The van der Waals surface area contributed by atoms with Crippen LogP contribution in [0.2, 0.25) is 0 Å². The highest BCUT2D eigenvalue weighted by molar-refractivity contribution is 6.13. The van der Waals surface area contributed by atoms with Gasteiger partial charge in [-0.1, -0.05) is 12.1 Å². The Hall–Kier alpha value is -2.82. The van der Waals surface area contributed by atoms with Crippen LogP contribution in [0.4, 0.5) is 4.79 Å². The van der Waals surface area contributed by atoms with E-state index in [9.17, 15) is 9.59 Å². The number of nitrogens with zero attached hydrogens (tertiary/aromatic N) is 2. The molecule has 1 aromatic carbocycles. The molecule has 24 heavy (non-hydrogen) atoms. The number of benzene rings is 1. The summed E-state index contributed by atoms with van der Waals surface area (Å²) in [4.78, 5) is 24.7. The summed E-state index contributed by atoms with van der Waals surface area (Å²) in [5.74, 6) is -0.309. The zero-order chi connectivity index (χ0) is 17.6. The molecule has 1 N–H and O–H groups in total. The Morgan fingerprint density at radius 2 is 1.79 bits per heavy atom. The molecule has 1 aliphatic rings. The van der Waals surface area contributed by atoms with Crippen molar-refractivity contribution in [2.45, 2.75) is 27.7 Å². The van der Waals surface area contributed by atoms with Crippen LogP contribution >= 0.6 is 0 Å². The van der Waals surface area contributed by atoms with Crippen LogP contribution in [0.15, 0.2) is 30.0 Å². The molecule has 1 fully saturated rings. The monoisotopic (exact) mass is 323 g/mol. The molecule has 5 heteroatoms. The molecule has 0 bridgehead atoms. The van der Waals surface area contributed by atoms with Gasteiger partial charge in [-0.05, 0) is 62.6 Å². The first-order valence-corrected chi connectivity index (χ1v) is 7.87. The van der Waals surface area contributed by atoms with Gasteiger partial charge in [0.15, 0.2) is 0 Å². The molecular weight excluding hydrogens is 302 g/mol. The summed E-state index contributed by atoms with van der Waals surface area (Å²) in [7, 11) is 1.47. The van der Waals surface area contributed by atoms with Crippen LogP contribution in [0.5, 0.6) is 0 Å². The third-order valence-electron chi connectivity index (χ3n) is 4.67. The highest BCUT2D eigenvalue weighted by Gasteiger charge is 2.30. The summed E-state index contributed by atoms with van der Waals surface area (Å²) in [5, 5.41) is 2.61. The summed E-state index contributed by atoms with van der Waals surface area (Å²) in [6, 6.07) is 7.87.